The Morgan fingerprint density at radius 2 is 1.89 bits per heavy atom. The molecule has 2 rings (SSSR count). The summed E-state index contributed by atoms with van der Waals surface area (Å²) in [4.78, 5) is 25.3. The van der Waals surface area contributed by atoms with Crippen molar-refractivity contribution in [3.63, 3.8) is 0 Å². The molecular formula is C14H23NO4. The third-order valence-electron chi connectivity index (χ3n) is 4.51. The van der Waals surface area contributed by atoms with Gasteiger partial charge in [0.25, 0.3) is 0 Å². The first kappa shape index (κ1) is 14.3. The maximum atomic E-state index is 12.4. The molecule has 1 aliphatic heterocycles. The maximum Gasteiger partial charge on any atom is 0.306 e. The topological polar surface area (TPSA) is 77.8 Å². The molecule has 2 N–H and O–H groups in total. The maximum absolute atomic E-state index is 12.4. The van der Waals surface area contributed by atoms with E-state index in [0.717, 1.165) is 38.8 Å². The Labute approximate surface area is 113 Å². The molecule has 0 spiro atoms. The van der Waals surface area contributed by atoms with E-state index in [1.807, 2.05) is 4.90 Å². The second-order valence-corrected chi connectivity index (χ2v) is 5.85. The molecule has 1 aliphatic carbocycles. The molecule has 5 nitrogen and oxygen atoms in total. The van der Waals surface area contributed by atoms with Crippen LogP contribution in [-0.2, 0) is 9.59 Å². The molecule has 0 radical (unpaired) electrons. The van der Waals surface area contributed by atoms with Crippen molar-refractivity contribution < 1.29 is 19.8 Å². The van der Waals surface area contributed by atoms with Crippen molar-refractivity contribution in [3.05, 3.63) is 0 Å². The zero-order chi connectivity index (χ0) is 13.8. The predicted octanol–water partition coefficient (Wildman–Crippen LogP) is 1.11. The lowest BCUT2D eigenvalue weighted by Crippen LogP contribution is -2.37. The fourth-order valence-electron chi connectivity index (χ4n) is 3.35. The quantitative estimate of drug-likeness (QED) is 0.801. The SMILES string of the molecule is O=C(O)C1CCCC(C(=O)N2CCC(CCO)C2)C1. The number of aliphatic carboxylic acids is 1. The number of amides is 1. The van der Waals surface area contributed by atoms with Crippen molar-refractivity contribution in [1.29, 1.82) is 0 Å². The van der Waals surface area contributed by atoms with Crippen LogP contribution in [0.15, 0.2) is 0 Å². The number of hydrogen-bond donors (Lipinski definition) is 2. The molecule has 0 bridgehead atoms. The van der Waals surface area contributed by atoms with E-state index in [9.17, 15) is 9.59 Å². The highest BCUT2D eigenvalue weighted by molar-refractivity contribution is 5.80. The highest BCUT2D eigenvalue weighted by Gasteiger charge is 2.35. The van der Waals surface area contributed by atoms with Crippen molar-refractivity contribution in [2.45, 2.75) is 38.5 Å². The molecule has 2 fully saturated rings. The van der Waals surface area contributed by atoms with E-state index in [2.05, 4.69) is 0 Å². The van der Waals surface area contributed by atoms with Crippen molar-refractivity contribution in [1.82, 2.24) is 4.90 Å². The first-order valence-electron chi connectivity index (χ1n) is 7.24. The largest absolute Gasteiger partial charge is 0.481 e. The van der Waals surface area contributed by atoms with E-state index in [1.165, 1.54) is 0 Å². The van der Waals surface area contributed by atoms with Crippen LogP contribution in [0, 0.1) is 17.8 Å². The molecule has 3 unspecified atom stereocenters. The summed E-state index contributed by atoms with van der Waals surface area (Å²) in [7, 11) is 0. The lowest BCUT2D eigenvalue weighted by Gasteiger charge is -2.29. The molecule has 3 atom stereocenters. The van der Waals surface area contributed by atoms with Crippen LogP contribution in [0.3, 0.4) is 0 Å². The normalized spacial score (nSPS) is 31.4. The van der Waals surface area contributed by atoms with Crippen molar-refractivity contribution >= 4 is 11.9 Å². The van der Waals surface area contributed by atoms with Crippen LogP contribution >= 0.6 is 0 Å². The number of carboxylic acids is 1. The molecule has 108 valence electrons. The molecule has 1 saturated carbocycles. The number of rotatable bonds is 4. The summed E-state index contributed by atoms with van der Waals surface area (Å²) >= 11 is 0. The molecule has 5 heteroatoms. The van der Waals surface area contributed by atoms with E-state index in [0.29, 0.717) is 18.8 Å². The van der Waals surface area contributed by atoms with Crippen molar-refractivity contribution in [2.24, 2.45) is 17.8 Å². The van der Waals surface area contributed by atoms with Crippen LogP contribution in [0.5, 0.6) is 0 Å². The zero-order valence-electron chi connectivity index (χ0n) is 11.3. The molecule has 1 saturated heterocycles. The number of likely N-dealkylation sites (tertiary alicyclic amines) is 1. The monoisotopic (exact) mass is 269 g/mol. The van der Waals surface area contributed by atoms with Crippen LogP contribution in [-0.4, -0.2) is 46.7 Å². The van der Waals surface area contributed by atoms with Crippen LogP contribution in [0.2, 0.25) is 0 Å². The minimum atomic E-state index is -0.767. The summed E-state index contributed by atoms with van der Waals surface area (Å²) in [5.74, 6) is -0.683. The van der Waals surface area contributed by atoms with Crippen molar-refractivity contribution in [3.8, 4) is 0 Å². The van der Waals surface area contributed by atoms with Gasteiger partial charge < -0.3 is 15.1 Å². The second-order valence-electron chi connectivity index (χ2n) is 5.85. The predicted molar refractivity (Wildman–Crippen MR) is 69.5 cm³/mol. The molecule has 0 aromatic heterocycles. The Morgan fingerprint density at radius 3 is 2.58 bits per heavy atom. The van der Waals surface area contributed by atoms with Crippen LogP contribution < -0.4 is 0 Å². The van der Waals surface area contributed by atoms with E-state index >= 15 is 0 Å². The Kier molecular flexibility index (Phi) is 4.80. The summed E-state index contributed by atoms with van der Waals surface area (Å²) in [6, 6.07) is 0. The van der Waals surface area contributed by atoms with Gasteiger partial charge >= 0.3 is 5.97 Å². The number of nitrogens with zero attached hydrogens (tertiary/aromatic N) is 1. The van der Waals surface area contributed by atoms with Gasteiger partial charge in [-0.2, -0.15) is 0 Å². The molecule has 0 aromatic carbocycles. The van der Waals surface area contributed by atoms with Gasteiger partial charge in [0.1, 0.15) is 0 Å². The van der Waals surface area contributed by atoms with Crippen LogP contribution in [0.4, 0.5) is 0 Å². The molecule has 1 heterocycles. The molecule has 2 aliphatic rings. The average Bonchev–Trinajstić information content (AvgIpc) is 2.87. The summed E-state index contributed by atoms with van der Waals surface area (Å²) in [5, 5.41) is 18.0. The highest BCUT2D eigenvalue weighted by atomic mass is 16.4. The molecule has 19 heavy (non-hydrogen) atoms. The number of aliphatic hydroxyl groups excluding tert-OH is 1. The van der Waals surface area contributed by atoms with Crippen LogP contribution in [0.1, 0.15) is 38.5 Å². The minimum Gasteiger partial charge on any atom is -0.481 e. The summed E-state index contributed by atoms with van der Waals surface area (Å²) in [6.07, 6.45) is 4.57. The number of carboxylic acid groups (broad SMARTS) is 1. The standard InChI is InChI=1S/C14H23NO4/c16-7-5-10-4-6-15(9-10)13(17)11-2-1-3-12(8-11)14(18)19/h10-12,16H,1-9H2,(H,18,19). The molecule has 1 amide bonds. The van der Waals surface area contributed by atoms with Gasteiger partial charge in [0, 0.05) is 25.6 Å². The van der Waals surface area contributed by atoms with E-state index in [-0.39, 0.29) is 24.3 Å². The fourth-order valence-corrected chi connectivity index (χ4v) is 3.35. The third kappa shape index (κ3) is 3.47. The smallest absolute Gasteiger partial charge is 0.306 e. The van der Waals surface area contributed by atoms with Gasteiger partial charge in [-0.1, -0.05) is 6.42 Å². The zero-order valence-corrected chi connectivity index (χ0v) is 11.3. The fraction of sp³-hybridized carbons (Fsp3) is 0.857. The average molecular weight is 269 g/mol. The van der Waals surface area contributed by atoms with Gasteiger partial charge in [-0.15, -0.1) is 0 Å². The van der Waals surface area contributed by atoms with Crippen LogP contribution in [0.25, 0.3) is 0 Å². The molecule has 0 aromatic rings. The van der Waals surface area contributed by atoms with Gasteiger partial charge in [0.05, 0.1) is 5.92 Å². The number of aliphatic hydroxyl groups is 1. The van der Waals surface area contributed by atoms with Gasteiger partial charge in [-0.25, -0.2) is 0 Å². The van der Waals surface area contributed by atoms with E-state index < -0.39 is 5.97 Å². The lowest BCUT2D eigenvalue weighted by atomic mass is 9.81. The third-order valence-corrected chi connectivity index (χ3v) is 4.51. The Balaban J connectivity index is 1.87. The number of carbonyl (C=O) groups is 2. The number of hydrogen-bond acceptors (Lipinski definition) is 3. The highest BCUT2D eigenvalue weighted by Crippen LogP contribution is 2.32. The van der Waals surface area contributed by atoms with E-state index in [1.54, 1.807) is 0 Å². The number of carbonyl (C=O) groups excluding carboxylic acids is 1. The van der Waals surface area contributed by atoms with E-state index in [4.69, 9.17) is 10.2 Å². The van der Waals surface area contributed by atoms with Gasteiger partial charge in [0.2, 0.25) is 5.91 Å². The first-order valence-corrected chi connectivity index (χ1v) is 7.24. The minimum absolute atomic E-state index is 0.109. The molecular weight excluding hydrogens is 246 g/mol. The Bertz CT molecular complexity index is 344. The second kappa shape index (κ2) is 6.37. The summed E-state index contributed by atoms with van der Waals surface area (Å²) < 4.78 is 0. The van der Waals surface area contributed by atoms with Gasteiger partial charge in [-0.05, 0) is 38.0 Å². The first-order chi connectivity index (χ1) is 9.11. The Morgan fingerprint density at radius 1 is 1.16 bits per heavy atom. The van der Waals surface area contributed by atoms with Gasteiger partial charge in [-0.3, -0.25) is 9.59 Å². The lowest BCUT2D eigenvalue weighted by molar-refractivity contribution is -0.145. The van der Waals surface area contributed by atoms with Crippen molar-refractivity contribution in [2.75, 3.05) is 19.7 Å². The van der Waals surface area contributed by atoms with Gasteiger partial charge in [0.15, 0.2) is 0 Å². The summed E-state index contributed by atoms with van der Waals surface area (Å²) in [6.45, 7) is 1.67. The summed E-state index contributed by atoms with van der Waals surface area (Å²) in [5.41, 5.74) is 0. The Hall–Kier alpha value is -1.10.